The Labute approximate surface area is 557 Å². The molecule has 0 spiro atoms. The second-order valence-electron chi connectivity index (χ2n) is 28.1. The lowest BCUT2D eigenvalue weighted by atomic mass is 10.0. The van der Waals surface area contributed by atoms with Gasteiger partial charge in [0.2, 0.25) is 5.91 Å². The lowest BCUT2D eigenvalue weighted by Gasteiger charge is -2.20. The number of amides is 1. The minimum absolute atomic E-state index is 0.0175. The highest BCUT2D eigenvalue weighted by atomic mass is 16.5. The van der Waals surface area contributed by atoms with Gasteiger partial charge in [0.15, 0.2) is 0 Å². The monoisotopic (exact) mass is 1250 g/mol. The molecule has 6 nitrogen and oxygen atoms in total. The average molecular weight is 1250 g/mol. The largest absolute Gasteiger partial charge is 0.466 e. The van der Waals surface area contributed by atoms with Crippen molar-refractivity contribution in [1.82, 2.24) is 5.32 Å². The summed E-state index contributed by atoms with van der Waals surface area (Å²) in [6.45, 7) is 4.93. The summed E-state index contributed by atoms with van der Waals surface area (Å²) >= 11 is 0. The molecular formula is C83H159NO5. The normalized spacial score (nSPS) is 12.6. The zero-order valence-corrected chi connectivity index (χ0v) is 60.4. The molecule has 89 heavy (non-hydrogen) atoms. The summed E-state index contributed by atoms with van der Waals surface area (Å²) in [5.74, 6) is -0.0414. The van der Waals surface area contributed by atoms with Gasteiger partial charge in [0.05, 0.1) is 25.4 Å². The van der Waals surface area contributed by atoms with Crippen LogP contribution in [-0.4, -0.2) is 47.4 Å². The number of allylic oxidation sites excluding steroid dienone is 5. The van der Waals surface area contributed by atoms with Crippen LogP contribution in [-0.2, 0) is 14.3 Å². The molecule has 2 unspecified atom stereocenters. The molecule has 1 amide bonds. The molecule has 0 aliphatic rings. The summed E-state index contributed by atoms with van der Waals surface area (Å²) in [4.78, 5) is 24.7. The molecule has 526 valence electrons. The van der Waals surface area contributed by atoms with Gasteiger partial charge in [0, 0.05) is 12.8 Å². The second-order valence-corrected chi connectivity index (χ2v) is 28.1. The highest BCUT2D eigenvalue weighted by Crippen LogP contribution is 2.20. The molecule has 0 aliphatic carbocycles. The third-order valence-corrected chi connectivity index (χ3v) is 19.2. The van der Waals surface area contributed by atoms with Gasteiger partial charge in [0.1, 0.15) is 0 Å². The summed E-state index contributed by atoms with van der Waals surface area (Å²) in [6.07, 6.45) is 103. The Morgan fingerprint density at radius 2 is 0.562 bits per heavy atom. The highest BCUT2D eigenvalue weighted by molar-refractivity contribution is 5.76. The van der Waals surface area contributed by atoms with Gasteiger partial charge < -0.3 is 20.3 Å². The lowest BCUT2D eigenvalue weighted by molar-refractivity contribution is -0.143. The molecule has 2 atom stereocenters. The van der Waals surface area contributed by atoms with Crippen molar-refractivity contribution in [3.8, 4) is 0 Å². The summed E-state index contributed by atoms with van der Waals surface area (Å²) in [5, 5.41) is 23.3. The lowest BCUT2D eigenvalue weighted by Crippen LogP contribution is -2.45. The first-order valence-corrected chi connectivity index (χ1v) is 40.8. The topological polar surface area (TPSA) is 95.9 Å². The van der Waals surface area contributed by atoms with Crippen molar-refractivity contribution in [2.45, 2.75) is 469 Å². The average Bonchev–Trinajstić information content (AvgIpc) is 3.68. The fraction of sp³-hybridized carbons (Fsp3) is 0.904. The third kappa shape index (κ3) is 75.0. The number of esters is 1. The van der Waals surface area contributed by atoms with Crippen LogP contribution in [0.2, 0.25) is 0 Å². The zero-order valence-electron chi connectivity index (χ0n) is 60.4. The van der Waals surface area contributed by atoms with Gasteiger partial charge >= 0.3 is 5.97 Å². The maximum Gasteiger partial charge on any atom is 0.305 e. The number of rotatable bonds is 77. The van der Waals surface area contributed by atoms with E-state index in [0.717, 1.165) is 51.4 Å². The van der Waals surface area contributed by atoms with Crippen molar-refractivity contribution >= 4 is 11.9 Å². The van der Waals surface area contributed by atoms with Crippen molar-refractivity contribution in [2.75, 3.05) is 13.2 Å². The van der Waals surface area contributed by atoms with Crippen molar-refractivity contribution in [3.05, 3.63) is 36.5 Å². The zero-order chi connectivity index (χ0) is 64.2. The van der Waals surface area contributed by atoms with Crippen LogP contribution in [0.3, 0.4) is 0 Å². The minimum atomic E-state index is -0.843. The molecule has 0 aromatic rings. The molecular weight excluding hydrogens is 1090 g/mol. The Balaban J connectivity index is 3.35. The molecule has 0 aliphatic heterocycles. The molecule has 0 rings (SSSR count). The fourth-order valence-electron chi connectivity index (χ4n) is 13.0. The number of unbranched alkanes of at least 4 members (excludes halogenated alkanes) is 62. The number of aliphatic hydroxyl groups excluding tert-OH is 2. The maximum absolute atomic E-state index is 12.6. The molecule has 0 saturated heterocycles. The van der Waals surface area contributed by atoms with E-state index in [1.807, 2.05) is 6.08 Å². The number of carbonyl (C=O) groups excluding carboxylic acids is 2. The van der Waals surface area contributed by atoms with Crippen molar-refractivity contribution in [1.29, 1.82) is 0 Å². The predicted octanol–water partition coefficient (Wildman–Crippen LogP) is 27.0. The molecule has 6 heteroatoms. The second kappa shape index (κ2) is 78.5. The van der Waals surface area contributed by atoms with Gasteiger partial charge in [-0.3, -0.25) is 9.59 Å². The Bertz CT molecular complexity index is 1440. The van der Waals surface area contributed by atoms with E-state index < -0.39 is 12.1 Å². The molecule has 0 saturated carbocycles. The van der Waals surface area contributed by atoms with Crippen LogP contribution in [0.25, 0.3) is 0 Å². The highest BCUT2D eigenvalue weighted by Gasteiger charge is 2.18. The molecule has 0 fully saturated rings. The van der Waals surface area contributed by atoms with Gasteiger partial charge in [-0.1, -0.05) is 416 Å². The number of hydrogen-bond acceptors (Lipinski definition) is 5. The van der Waals surface area contributed by atoms with Crippen LogP contribution >= 0.6 is 0 Å². The molecule has 3 N–H and O–H groups in total. The predicted molar refractivity (Wildman–Crippen MR) is 393 cm³/mol. The van der Waals surface area contributed by atoms with E-state index in [2.05, 4.69) is 43.5 Å². The molecule has 0 bridgehead atoms. The number of carbonyl (C=O) groups is 2. The van der Waals surface area contributed by atoms with Crippen molar-refractivity contribution in [2.24, 2.45) is 0 Å². The summed E-state index contributed by atoms with van der Waals surface area (Å²) in [5.41, 5.74) is 0. The molecule has 0 heterocycles. The number of hydrogen-bond donors (Lipinski definition) is 3. The third-order valence-electron chi connectivity index (χ3n) is 19.2. The number of ether oxygens (including phenoxy) is 1. The van der Waals surface area contributed by atoms with Gasteiger partial charge in [-0.25, -0.2) is 0 Å². The Hall–Kier alpha value is -1.92. The van der Waals surface area contributed by atoms with E-state index in [-0.39, 0.29) is 18.5 Å². The van der Waals surface area contributed by atoms with Crippen molar-refractivity contribution < 1.29 is 24.5 Å². The Kier molecular flexibility index (Phi) is 76.8. The van der Waals surface area contributed by atoms with Crippen LogP contribution in [0.4, 0.5) is 0 Å². The smallest absolute Gasteiger partial charge is 0.305 e. The minimum Gasteiger partial charge on any atom is -0.466 e. The van der Waals surface area contributed by atoms with E-state index in [1.54, 1.807) is 6.08 Å². The van der Waals surface area contributed by atoms with Crippen LogP contribution in [0.5, 0.6) is 0 Å². The summed E-state index contributed by atoms with van der Waals surface area (Å²) in [7, 11) is 0. The summed E-state index contributed by atoms with van der Waals surface area (Å²) in [6, 6.07) is -0.626. The first-order chi connectivity index (χ1) is 44.0. The van der Waals surface area contributed by atoms with E-state index >= 15 is 0 Å². The van der Waals surface area contributed by atoms with Crippen LogP contribution < -0.4 is 5.32 Å². The SMILES string of the molecule is CCCCC/C=C\C/C=C\CCCCCCCCCCCC(=O)OCCCCCCCCCCCCCCCCCCCCCCCCCCCCCCCCCC(=O)NC(CO)C(O)/C=C/CCCCCCCCCCCCCCCCCCCCCC. The van der Waals surface area contributed by atoms with E-state index in [4.69, 9.17) is 4.74 Å². The van der Waals surface area contributed by atoms with Gasteiger partial charge in [-0.05, 0) is 64.2 Å². The van der Waals surface area contributed by atoms with Crippen LogP contribution in [0.1, 0.15) is 457 Å². The van der Waals surface area contributed by atoms with Gasteiger partial charge in [0.25, 0.3) is 0 Å². The van der Waals surface area contributed by atoms with E-state index in [0.29, 0.717) is 19.4 Å². The fourth-order valence-corrected chi connectivity index (χ4v) is 13.0. The van der Waals surface area contributed by atoms with E-state index in [9.17, 15) is 19.8 Å². The Morgan fingerprint density at radius 1 is 0.315 bits per heavy atom. The molecule has 0 radical (unpaired) electrons. The van der Waals surface area contributed by atoms with Crippen LogP contribution in [0, 0.1) is 0 Å². The van der Waals surface area contributed by atoms with Crippen molar-refractivity contribution in [3.63, 3.8) is 0 Å². The maximum atomic E-state index is 12.6. The van der Waals surface area contributed by atoms with E-state index in [1.165, 1.54) is 379 Å². The first-order valence-electron chi connectivity index (χ1n) is 40.8. The molecule has 0 aromatic carbocycles. The van der Waals surface area contributed by atoms with Crippen LogP contribution in [0.15, 0.2) is 36.5 Å². The summed E-state index contributed by atoms with van der Waals surface area (Å²) < 4.78 is 5.52. The molecule has 0 aromatic heterocycles. The number of aliphatic hydroxyl groups is 2. The number of nitrogens with one attached hydrogen (secondary N) is 1. The quantitative estimate of drug-likeness (QED) is 0.0320. The first kappa shape index (κ1) is 87.1. The van der Waals surface area contributed by atoms with Gasteiger partial charge in [-0.15, -0.1) is 0 Å². The standard InChI is InChI=1S/C83H159NO5/c1-3-5-7-9-11-13-15-17-19-21-23-24-36-40-43-47-51-55-59-63-67-71-75-81(86)80(79-85)84-82(87)76-72-68-64-60-56-52-48-44-41-37-34-32-30-28-26-25-27-29-31-33-35-38-42-46-50-54-58-62-66-70-74-78-89-83(88)77-73-69-65-61-57-53-49-45-39-22-20-18-16-14-12-10-8-6-4-2/h12,14,18,20,71,75,80-81,85-86H,3-11,13,15-17,19,21-70,72-74,76-79H2,1-2H3,(H,84,87)/b14-12-,20-18-,75-71+. The van der Waals surface area contributed by atoms with Gasteiger partial charge in [-0.2, -0.15) is 0 Å². The Morgan fingerprint density at radius 3 is 0.876 bits per heavy atom.